The fourth-order valence-corrected chi connectivity index (χ4v) is 2.41. The summed E-state index contributed by atoms with van der Waals surface area (Å²) in [5.41, 5.74) is 0. The molecule has 1 unspecified atom stereocenters. The summed E-state index contributed by atoms with van der Waals surface area (Å²) < 4.78 is 11.0. The average Bonchev–Trinajstić information content (AvgIpc) is 2.46. The average molecular weight is 300 g/mol. The first kappa shape index (κ1) is 15.5. The normalized spacial score (nSPS) is 19.0. The zero-order chi connectivity index (χ0) is 14.2. The molecule has 0 amide bonds. The molecule has 0 bridgehead atoms. The van der Waals surface area contributed by atoms with Crippen molar-refractivity contribution in [3.63, 3.8) is 0 Å². The summed E-state index contributed by atoms with van der Waals surface area (Å²) in [7, 11) is 0. The third kappa shape index (κ3) is 5.23. The molecule has 2 heterocycles. The fraction of sp³-hybridized carbons (Fsp3) is 0.714. The molecular formula is C14H22ClN3O2. The van der Waals surface area contributed by atoms with Crippen LogP contribution < -0.4 is 5.32 Å². The SMILES string of the molecule is CCOCc1nc(Cl)cc(NCCC2CCCCO2)n1. The molecule has 1 aliphatic rings. The van der Waals surface area contributed by atoms with E-state index in [1.54, 1.807) is 6.07 Å². The Hall–Kier alpha value is -0.910. The number of hydrogen-bond acceptors (Lipinski definition) is 5. The second-order valence-corrected chi connectivity index (χ2v) is 5.22. The van der Waals surface area contributed by atoms with Crippen LogP contribution in [0.4, 0.5) is 5.82 Å². The van der Waals surface area contributed by atoms with Gasteiger partial charge in [-0.2, -0.15) is 0 Å². The molecule has 0 aromatic carbocycles. The lowest BCUT2D eigenvalue weighted by molar-refractivity contribution is 0.0134. The number of hydrogen-bond donors (Lipinski definition) is 1. The van der Waals surface area contributed by atoms with Gasteiger partial charge in [-0.1, -0.05) is 11.6 Å². The monoisotopic (exact) mass is 299 g/mol. The number of ether oxygens (including phenoxy) is 2. The minimum absolute atomic E-state index is 0.372. The summed E-state index contributed by atoms with van der Waals surface area (Å²) in [6.07, 6.45) is 4.97. The molecule has 5 nitrogen and oxygen atoms in total. The quantitative estimate of drug-likeness (QED) is 0.784. The summed E-state index contributed by atoms with van der Waals surface area (Å²) in [6, 6.07) is 1.73. The van der Waals surface area contributed by atoms with Crippen LogP contribution in [0.5, 0.6) is 0 Å². The summed E-state index contributed by atoms with van der Waals surface area (Å²) >= 11 is 5.99. The molecule has 1 aliphatic heterocycles. The van der Waals surface area contributed by atoms with E-state index in [0.29, 0.717) is 30.3 Å². The van der Waals surface area contributed by atoms with Gasteiger partial charge >= 0.3 is 0 Å². The number of nitrogens with one attached hydrogen (secondary N) is 1. The third-order valence-electron chi connectivity index (χ3n) is 3.22. The van der Waals surface area contributed by atoms with Gasteiger partial charge in [0.1, 0.15) is 17.6 Å². The highest BCUT2D eigenvalue weighted by Crippen LogP contribution is 2.16. The summed E-state index contributed by atoms with van der Waals surface area (Å²) in [4.78, 5) is 8.52. The Morgan fingerprint density at radius 1 is 1.45 bits per heavy atom. The second kappa shape index (κ2) is 8.39. The zero-order valence-corrected chi connectivity index (χ0v) is 12.7. The van der Waals surface area contributed by atoms with Gasteiger partial charge in [-0.05, 0) is 32.6 Å². The molecule has 0 aliphatic carbocycles. The smallest absolute Gasteiger partial charge is 0.158 e. The first-order valence-corrected chi connectivity index (χ1v) is 7.62. The number of nitrogens with zero attached hydrogens (tertiary/aromatic N) is 2. The van der Waals surface area contributed by atoms with Crippen LogP contribution in [-0.4, -0.2) is 35.8 Å². The van der Waals surface area contributed by atoms with Gasteiger partial charge in [0.05, 0.1) is 6.10 Å². The van der Waals surface area contributed by atoms with Crippen molar-refractivity contribution in [3.05, 3.63) is 17.0 Å². The van der Waals surface area contributed by atoms with Crippen molar-refractivity contribution in [2.75, 3.05) is 25.1 Å². The lowest BCUT2D eigenvalue weighted by Gasteiger charge is -2.22. The van der Waals surface area contributed by atoms with E-state index in [1.807, 2.05) is 6.92 Å². The van der Waals surface area contributed by atoms with E-state index in [9.17, 15) is 0 Å². The lowest BCUT2D eigenvalue weighted by Crippen LogP contribution is -2.22. The van der Waals surface area contributed by atoms with E-state index in [-0.39, 0.29) is 0 Å². The summed E-state index contributed by atoms with van der Waals surface area (Å²) in [5.74, 6) is 1.35. The minimum Gasteiger partial charge on any atom is -0.378 e. The van der Waals surface area contributed by atoms with Gasteiger partial charge in [-0.15, -0.1) is 0 Å². The van der Waals surface area contributed by atoms with Crippen molar-refractivity contribution < 1.29 is 9.47 Å². The lowest BCUT2D eigenvalue weighted by atomic mass is 10.1. The highest BCUT2D eigenvalue weighted by atomic mass is 35.5. The van der Waals surface area contributed by atoms with Gasteiger partial charge in [0.25, 0.3) is 0 Å². The maximum Gasteiger partial charge on any atom is 0.158 e. The van der Waals surface area contributed by atoms with E-state index in [1.165, 1.54) is 12.8 Å². The van der Waals surface area contributed by atoms with Gasteiger partial charge in [0.2, 0.25) is 0 Å². The molecule has 1 fully saturated rings. The topological polar surface area (TPSA) is 56.3 Å². The van der Waals surface area contributed by atoms with E-state index < -0.39 is 0 Å². The largest absolute Gasteiger partial charge is 0.378 e. The van der Waals surface area contributed by atoms with Gasteiger partial charge in [-0.3, -0.25) is 0 Å². The molecule has 1 saturated heterocycles. The molecule has 1 atom stereocenters. The Balaban J connectivity index is 1.80. The van der Waals surface area contributed by atoms with Gasteiger partial charge in [-0.25, -0.2) is 9.97 Å². The van der Waals surface area contributed by atoms with Crippen LogP contribution in [0.3, 0.4) is 0 Å². The Kier molecular flexibility index (Phi) is 6.50. The first-order valence-electron chi connectivity index (χ1n) is 7.24. The van der Waals surface area contributed by atoms with Crippen LogP contribution in [0.1, 0.15) is 38.4 Å². The first-order chi connectivity index (χ1) is 9.78. The Labute approximate surface area is 125 Å². The fourth-order valence-electron chi connectivity index (χ4n) is 2.21. The van der Waals surface area contributed by atoms with Crippen LogP contribution in [0.25, 0.3) is 0 Å². The molecule has 0 saturated carbocycles. The van der Waals surface area contributed by atoms with Crippen molar-refractivity contribution in [2.45, 2.75) is 45.3 Å². The highest BCUT2D eigenvalue weighted by molar-refractivity contribution is 6.29. The van der Waals surface area contributed by atoms with Crippen molar-refractivity contribution >= 4 is 17.4 Å². The molecule has 0 spiro atoms. The predicted octanol–water partition coefficient (Wildman–Crippen LogP) is 3.04. The molecule has 1 aromatic rings. The Bertz CT molecular complexity index is 411. The van der Waals surface area contributed by atoms with Gasteiger partial charge in [0, 0.05) is 25.8 Å². The third-order valence-corrected chi connectivity index (χ3v) is 3.42. The van der Waals surface area contributed by atoms with E-state index >= 15 is 0 Å². The molecule has 6 heteroatoms. The number of halogens is 1. The Morgan fingerprint density at radius 3 is 3.10 bits per heavy atom. The number of anilines is 1. The second-order valence-electron chi connectivity index (χ2n) is 4.83. The molecule has 1 aromatic heterocycles. The van der Waals surface area contributed by atoms with Gasteiger partial charge in [0.15, 0.2) is 5.82 Å². The van der Waals surface area contributed by atoms with E-state index in [4.69, 9.17) is 21.1 Å². The maximum atomic E-state index is 5.99. The maximum absolute atomic E-state index is 5.99. The molecule has 2 rings (SSSR count). The van der Waals surface area contributed by atoms with Crippen molar-refractivity contribution in [1.29, 1.82) is 0 Å². The van der Waals surface area contributed by atoms with E-state index in [2.05, 4.69) is 15.3 Å². The van der Waals surface area contributed by atoms with Crippen LogP contribution in [0, 0.1) is 0 Å². The molecular weight excluding hydrogens is 278 g/mol. The van der Waals surface area contributed by atoms with Crippen molar-refractivity contribution in [1.82, 2.24) is 9.97 Å². The highest BCUT2D eigenvalue weighted by Gasteiger charge is 2.13. The predicted molar refractivity (Wildman–Crippen MR) is 79.1 cm³/mol. The zero-order valence-electron chi connectivity index (χ0n) is 11.9. The molecule has 20 heavy (non-hydrogen) atoms. The number of aromatic nitrogens is 2. The molecule has 112 valence electrons. The number of rotatable bonds is 7. The summed E-state index contributed by atoms with van der Waals surface area (Å²) in [5, 5.41) is 3.71. The van der Waals surface area contributed by atoms with Crippen LogP contribution in [0.2, 0.25) is 5.15 Å². The van der Waals surface area contributed by atoms with E-state index in [0.717, 1.165) is 31.8 Å². The molecule has 1 N–H and O–H groups in total. The Morgan fingerprint density at radius 2 is 2.35 bits per heavy atom. The van der Waals surface area contributed by atoms with Crippen LogP contribution >= 0.6 is 11.6 Å². The minimum atomic E-state index is 0.372. The summed E-state index contributed by atoms with van der Waals surface area (Å²) in [6.45, 7) is 4.68. The van der Waals surface area contributed by atoms with Crippen molar-refractivity contribution in [2.24, 2.45) is 0 Å². The standard InChI is InChI=1S/C14H22ClN3O2/c1-2-19-10-14-17-12(15)9-13(18-14)16-7-6-11-5-3-4-8-20-11/h9,11H,2-8,10H2,1H3,(H,16,17,18). The van der Waals surface area contributed by atoms with Gasteiger partial charge < -0.3 is 14.8 Å². The van der Waals surface area contributed by atoms with Crippen molar-refractivity contribution in [3.8, 4) is 0 Å². The van der Waals surface area contributed by atoms with Crippen LogP contribution in [0.15, 0.2) is 6.07 Å². The molecule has 0 radical (unpaired) electrons. The van der Waals surface area contributed by atoms with Crippen LogP contribution in [-0.2, 0) is 16.1 Å².